The quantitative estimate of drug-likeness (QED) is 0.758. The Morgan fingerprint density at radius 3 is 2.62 bits per heavy atom. The maximum atomic E-state index is 12.8. The smallest absolute Gasteiger partial charge is 0.258 e. The summed E-state index contributed by atoms with van der Waals surface area (Å²) in [6.45, 7) is 0. The van der Waals surface area contributed by atoms with Gasteiger partial charge < -0.3 is 14.8 Å². The second kappa shape index (κ2) is 3.84. The predicted octanol–water partition coefficient (Wildman–Crippen LogP) is -0.122. The molecule has 6 heteroatoms. The molecule has 1 saturated carbocycles. The van der Waals surface area contributed by atoms with Crippen LogP contribution in [0.15, 0.2) is 24.3 Å². The third kappa shape index (κ3) is 1.39. The summed E-state index contributed by atoms with van der Waals surface area (Å²) in [6, 6.07) is 6.56. The third-order valence-corrected chi connectivity index (χ3v) is 4.54. The lowest BCUT2D eigenvalue weighted by Crippen LogP contribution is -2.71. The molecule has 1 aliphatic carbocycles. The number of para-hydroxylation sites is 1. The molecular weight excluding hydrogens is 272 g/mol. The molecule has 2 aliphatic heterocycles. The van der Waals surface area contributed by atoms with Crippen molar-refractivity contribution >= 4 is 23.5 Å². The topological polar surface area (TPSA) is 80.8 Å². The molecule has 0 N–H and O–H groups in total. The molecule has 21 heavy (non-hydrogen) atoms. The highest BCUT2D eigenvalue weighted by Crippen LogP contribution is 2.48. The van der Waals surface area contributed by atoms with Crippen LogP contribution in [0.2, 0.25) is 0 Å². The number of aliphatic carboxylic acids is 1. The van der Waals surface area contributed by atoms with Gasteiger partial charge in [-0.05, 0) is 25.0 Å². The maximum Gasteiger partial charge on any atom is 0.258 e. The number of benzene rings is 1. The van der Waals surface area contributed by atoms with Crippen molar-refractivity contribution in [3.8, 4) is 0 Å². The van der Waals surface area contributed by atoms with Crippen molar-refractivity contribution in [1.29, 1.82) is 0 Å². The van der Waals surface area contributed by atoms with E-state index in [1.165, 1.54) is 9.80 Å². The van der Waals surface area contributed by atoms with Crippen molar-refractivity contribution < 1.29 is 19.5 Å². The molecule has 1 atom stereocenters. The predicted molar refractivity (Wildman–Crippen MR) is 70.1 cm³/mol. The molecule has 1 aromatic carbocycles. The number of hydrogen-bond acceptors (Lipinski definition) is 4. The highest BCUT2D eigenvalue weighted by Gasteiger charge is 2.60. The summed E-state index contributed by atoms with van der Waals surface area (Å²) in [6.07, 6.45) is 1.74. The van der Waals surface area contributed by atoms with Crippen LogP contribution in [-0.4, -0.2) is 34.4 Å². The number of fused-ring (bicyclic) bond motifs is 3. The zero-order valence-electron chi connectivity index (χ0n) is 11.2. The van der Waals surface area contributed by atoms with Crippen molar-refractivity contribution in [3.05, 3.63) is 29.8 Å². The Morgan fingerprint density at radius 2 is 1.95 bits per heavy atom. The van der Waals surface area contributed by atoms with E-state index in [9.17, 15) is 19.5 Å². The van der Waals surface area contributed by atoms with E-state index in [1.807, 2.05) is 0 Å². The molecule has 0 aromatic heterocycles. The molecular formula is C15H13N2O4-. The lowest BCUT2D eigenvalue weighted by atomic mass is 9.96. The zero-order chi connectivity index (χ0) is 14.8. The first kappa shape index (κ1) is 12.4. The summed E-state index contributed by atoms with van der Waals surface area (Å²) in [7, 11) is 0. The second-order valence-electron chi connectivity index (χ2n) is 5.76. The Labute approximate surface area is 120 Å². The molecule has 2 fully saturated rings. The van der Waals surface area contributed by atoms with Gasteiger partial charge in [-0.1, -0.05) is 12.1 Å². The zero-order valence-corrected chi connectivity index (χ0v) is 11.2. The molecule has 3 aliphatic rings. The number of carboxylic acid groups (broad SMARTS) is 1. The number of hydrogen-bond donors (Lipinski definition) is 0. The highest BCUT2D eigenvalue weighted by atomic mass is 16.4. The van der Waals surface area contributed by atoms with Gasteiger partial charge in [-0.2, -0.15) is 0 Å². The van der Waals surface area contributed by atoms with Crippen LogP contribution in [0.4, 0.5) is 5.69 Å². The van der Waals surface area contributed by atoms with Gasteiger partial charge in [-0.25, -0.2) is 0 Å². The van der Waals surface area contributed by atoms with Gasteiger partial charge in [0, 0.05) is 18.9 Å². The lowest BCUT2D eigenvalue weighted by Gasteiger charge is -2.51. The summed E-state index contributed by atoms with van der Waals surface area (Å²) in [5.41, 5.74) is -0.883. The fourth-order valence-corrected chi connectivity index (χ4v) is 3.51. The van der Waals surface area contributed by atoms with E-state index in [-0.39, 0.29) is 30.7 Å². The Kier molecular flexibility index (Phi) is 2.26. The fourth-order valence-electron chi connectivity index (χ4n) is 3.51. The average molecular weight is 285 g/mol. The summed E-state index contributed by atoms with van der Waals surface area (Å²) in [5.74, 6) is -1.96. The van der Waals surface area contributed by atoms with Crippen LogP contribution in [0.25, 0.3) is 0 Å². The van der Waals surface area contributed by atoms with Gasteiger partial charge in [0.2, 0.25) is 5.91 Å². The molecule has 1 saturated heterocycles. The number of amides is 2. The van der Waals surface area contributed by atoms with Crippen LogP contribution in [0.1, 0.15) is 36.0 Å². The van der Waals surface area contributed by atoms with E-state index in [4.69, 9.17) is 0 Å². The standard InChI is InChI=1S/C15H14N2O4/c18-12-7-8-15(14(20)21)16(9-5-6-9)13(19)10-3-1-2-4-11(10)17(12)15/h1-4,9H,5-8H2,(H,20,21)/p-1/t15-/m0/s1. The minimum Gasteiger partial charge on any atom is -0.545 e. The van der Waals surface area contributed by atoms with Crippen molar-refractivity contribution in [3.63, 3.8) is 0 Å². The Bertz CT molecular complexity index is 682. The van der Waals surface area contributed by atoms with Crippen molar-refractivity contribution in [1.82, 2.24) is 4.90 Å². The monoisotopic (exact) mass is 285 g/mol. The van der Waals surface area contributed by atoms with Crippen LogP contribution in [0.5, 0.6) is 0 Å². The Hall–Kier alpha value is -2.37. The molecule has 2 amide bonds. The third-order valence-electron chi connectivity index (χ3n) is 4.54. The summed E-state index contributed by atoms with van der Waals surface area (Å²) >= 11 is 0. The summed E-state index contributed by atoms with van der Waals surface area (Å²) in [5, 5.41) is 11.9. The van der Waals surface area contributed by atoms with Crippen LogP contribution < -0.4 is 10.0 Å². The lowest BCUT2D eigenvalue weighted by molar-refractivity contribution is -0.318. The molecule has 0 bridgehead atoms. The molecule has 2 heterocycles. The SMILES string of the molecule is O=C1CC[C@@]2(C(=O)[O-])N1c1ccccc1C(=O)N2C1CC1. The van der Waals surface area contributed by atoms with Crippen molar-refractivity contribution in [2.75, 3.05) is 4.90 Å². The van der Waals surface area contributed by atoms with Gasteiger partial charge in [0.25, 0.3) is 5.91 Å². The number of carbonyl (C=O) groups is 3. The molecule has 4 rings (SSSR count). The normalized spacial score (nSPS) is 27.6. The van der Waals surface area contributed by atoms with Gasteiger partial charge in [0.05, 0.1) is 17.2 Å². The minimum atomic E-state index is -1.65. The number of anilines is 1. The van der Waals surface area contributed by atoms with E-state index in [0.29, 0.717) is 11.3 Å². The van der Waals surface area contributed by atoms with E-state index in [1.54, 1.807) is 24.3 Å². The first-order valence-corrected chi connectivity index (χ1v) is 7.04. The van der Waals surface area contributed by atoms with Crippen LogP contribution >= 0.6 is 0 Å². The molecule has 108 valence electrons. The van der Waals surface area contributed by atoms with Gasteiger partial charge in [0.15, 0.2) is 5.66 Å². The molecule has 0 unspecified atom stereocenters. The van der Waals surface area contributed by atoms with E-state index >= 15 is 0 Å². The molecule has 0 radical (unpaired) electrons. The van der Waals surface area contributed by atoms with Crippen molar-refractivity contribution in [2.45, 2.75) is 37.4 Å². The van der Waals surface area contributed by atoms with Gasteiger partial charge in [-0.3, -0.25) is 14.5 Å². The van der Waals surface area contributed by atoms with E-state index in [2.05, 4.69) is 0 Å². The minimum absolute atomic E-state index is 0.0880. The van der Waals surface area contributed by atoms with Crippen LogP contribution in [-0.2, 0) is 9.59 Å². The first-order chi connectivity index (χ1) is 10.1. The molecule has 0 spiro atoms. The number of carboxylic acids is 1. The number of carbonyl (C=O) groups excluding carboxylic acids is 3. The summed E-state index contributed by atoms with van der Waals surface area (Å²) in [4.78, 5) is 39.6. The van der Waals surface area contributed by atoms with Crippen molar-refractivity contribution in [2.24, 2.45) is 0 Å². The number of nitrogens with zero attached hydrogens (tertiary/aromatic N) is 2. The first-order valence-electron chi connectivity index (χ1n) is 7.04. The average Bonchev–Trinajstić information content (AvgIpc) is 3.23. The maximum absolute atomic E-state index is 12.8. The van der Waals surface area contributed by atoms with Gasteiger partial charge >= 0.3 is 0 Å². The fraction of sp³-hybridized carbons (Fsp3) is 0.400. The Balaban J connectivity index is 2.00. The molecule has 1 aromatic rings. The van der Waals surface area contributed by atoms with Crippen LogP contribution in [0.3, 0.4) is 0 Å². The Morgan fingerprint density at radius 1 is 1.24 bits per heavy atom. The molecule has 6 nitrogen and oxygen atoms in total. The second-order valence-corrected chi connectivity index (χ2v) is 5.76. The summed E-state index contributed by atoms with van der Waals surface area (Å²) < 4.78 is 0. The number of rotatable bonds is 2. The highest BCUT2D eigenvalue weighted by molar-refractivity contribution is 6.15. The van der Waals surface area contributed by atoms with E-state index in [0.717, 1.165) is 12.8 Å². The van der Waals surface area contributed by atoms with E-state index < -0.39 is 11.6 Å². The largest absolute Gasteiger partial charge is 0.545 e. The van der Waals surface area contributed by atoms with Gasteiger partial charge in [0.1, 0.15) is 0 Å². The van der Waals surface area contributed by atoms with Gasteiger partial charge in [-0.15, -0.1) is 0 Å². The van der Waals surface area contributed by atoms with Crippen LogP contribution in [0, 0.1) is 0 Å².